The van der Waals surface area contributed by atoms with E-state index in [4.69, 9.17) is 15.2 Å². The van der Waals surface area contributed by atoms with Gasteiger partial charge in [0.25, 0.3) is 5.91 Å². The quantitative estimate of drug-likeness (QED) is 0.799. The lowest BCUT2D eigenvalue weighted by molar-refractivity contribution is 0.0946. The highest BCUT2D eigenvalue weighted by Gasteiger charge is 2.16. The van der Waals surface area contributed by atoms with E-state index in [1.165, 1.54) is 14.2 Å². The summed E-state index contributed by atoms with van der Waals surface area (Å²) < 4.78 is 10.4. The Morgan fingerprint density at radius 3 is 2.55 bits per heavy atom. The molecule has 0 saturated heterocycles. The molecule has 0 bridgehead atoms. The third-order valence-electron chi connectivity index (χ3n) is 2.95. The van der Waals surface area contributed by atoms with E-state index in [1.54, 1.807) is 18.2 Å². The predicted molar refractivity (Wildman–Crippen MR) is 79.3 cm³/mol. The molecule has 0 aliphatic heterocycles. The largest absolute Gasteiger partial charge is 0.493 e. The molecule has 112 valence electrons. The van der Waals surface area contributed by atoms with Crippen LogP contribution < -0.4 is 20.5 Å². The first-order chi connectivity index (χ1) is 9.49. The van der Waals surface area contributed by atoms with Gasteiger partial charge in [0.1, 0.15) is 0 Å². The lowest BCUT2D eigenvalue weighted by Gasteiger charge is -2.16. The van der Waals surface area contributed by atoms with Crippen molar-refractivity contribution in [3.8, 4) is 11.5 Å². The Labute approximate surface area is 120 Å². The van der Waals surface area contributed by atoms with Crippen molar-refractivity contribution < 1.29 is 14.3 Å². The number of nitrogens with two attached hydrogens (primary N) is 1. The van der Waals surface area contributed by atoms with E-state index >= 15 is 0 Å². The maximum absolute atomic E-state index is 12.2. The van der Waals surface area contributed by atoms with E-state index in [1.807, 2.05) is 0 Å². The Kier molecular flexibility index (Phi) is 6.31. The number of para-hydroxylation sites is 1. The molecule has 1 aromatic carbocycles. The van der Waals surface area contributed by atoms with Gasteiger partial charge in [-0.3, -0.25) is 4.79 Å². The Hall–Kier alpha value is -1.75. The molecular weight excluding hydrogens is 256 g/mol. The standard InChI is InChI=1S/C15H24N2O3/c1-10(2)8-11(16)9-17-15(18)12-6-5-7-13(19-3)14(12)20-4/h5-7,10-11H,8-9,16H2,1-4H3,(H,17,18). The zero-order valence-electron chi connectivity index (χ0n) is 12.6. The number of benzene rings is 1. The SMILES string of the molecule is COc1cccc(C(=O)NCC(N)CC(C)C)c1OC. The minimum atomic E-state index is -0.208. The van der Waals surface area contributed by atoms with Gasteiger partial charge in [-0.1, -0.05) is 19.9 Å². The third kappa shape index (κ3) is 4.42. The van der Waals surface area contributed by atoms with Gasteiger partial charge < -0.3 is 20.5 Å². The normalized spacial score (nSPS) is 12.1. The maximum Gasteiger partial charge on any atom is 0.255 e. The second-order valence-electron chi connectivity index (χ2n) is 5.14. The predicted octanol–water partition coefficient (Wildman–Crippen LogP) is 1.81. The fourth-order valence-electron chi connectivity index (χ4n) is 2.07. The molecule has 0 aliphatic carbocycles. The molecule has 0 aliphatic rings. The minimum Gasteiger partial charge on any atom is -0.493 e. The second-order valence-corrected chi connectivity index (χ2v) is 5.14. The summed E-state index contributed by atoms with van der Waals surface area (Å²) in [7, 11) is 3.05. The number of rotatable bonds is 7. The minimum absolute atomic E-state index is 0.0458. The first kappa shape index (κ1) is 16.3. The van der Waals surface area contributed by atoms with Gasteiger partial charge >= 0.3 is 0 Å². The number of hydrogen-bond donors (Lipinski definition) is 2. The zero-order chi connectivity index (χ0) is 15.1. The molecule has 0 spiro atoms. The van der Waals surface area contributed by atoms with E-state index in [-0.39, 0.29) is 11.9 Å². The Morgan fingerprint density at radius 1 is 1.30 bits per heavy atom. The van der Waals surface area contributed by atoms with Crippen LogP contribution in [0.4, 0.5) is 0 Å². The average molecular weight is 280 g/mol. The van der Waals surface area contributed by atoms with Crippen LogP contribution in [0.3, 0.4) is 0 Å². The topological polar surface area (TPSA) is 73.6 Å². The molecule has 5 heteroatoms. The third-order valence-corrected chi connectivity index (χ3v) is 2.95. The second kappa shape index (κ2) is 7.75. The molecule has 0 saturated carbocycles. The van der Waals surface area contributed by atoms with E-state index in [0.29, 0.717) is 29.5 Å². The molecule has 0 aromatic heterocycles. The van der Waals surface area contributed by atoms with Crippen LogP contribution in [0.5, 0.6) is 11.5 Å². The van der Waals surface area contributed by atoms with Crippen LogP contribution in [0.15, 0.2) is 18.2 Å². The fourth-order valence-corrected chi connectivity index (χ4v) is 2.07. The van der Waals surface area contributed by atoms with Gasteiger partial charge in [0, 0.05) is 12.6 Å². The van der Waals surface area contributed by atoms with E-state index < -0.39 is 0 Å². The summed E-state index contributed by atoms with van der Waals surface area (Å²) in [6.07, 6.45) is 0.871. The summed E-state index contributed by atoms with van der Waals surface area (Å²) in [5.74, 6) is 1.27. The molecule has 0 fully saturated rings. The number of amides is 1. The van der Waals surface area contributed by atoms with Crippen molar-refractivity contribution in [3.05, 3.63) is 23.8 Å². The van der Waals surface area contributed by atoms with Crippen LogP contribution in [-0.4, -0.2) is 32.7 Å². The van der Waals surface area contributed by atoms with Crippen molar-refractivity contribution in [2.24, 2.45) is 11.7 Å². The molecular formula is C15H24N2O3. The number of ether oxygens (including phenoxy) is 2. The Balaban J connectivity index is 2.73. The molecule has 1 amide bonds. The summed E-state index contributed by atoms with van der Waals surface area (Å²) in [6.45, 7) is 4.65. The highest BCUT2D eigenvalue weighted by Crippen LogP contribution is 2.30. The molecule has 3 N–H and O–H groups in total. The van der Waals surface area contributed by atoms with E-state index in [0.717, 1.165) is 6.42 Å². The van der Waals surface area contributed by atoms with Gasteiger partial charge in [-0.05, 0) is 24.5 Å². The van der Waals surface area contributed by atoms with Crippen LogP contribution in [0, 0.1) is 5.92 Å². The number of carbonyl (C=O) groups excluding carboxylic acids is 1. The van der Waals surface area contributed by atoms with Gasteiger partial charge in [-0.25, -0.2) is 0 Å². The van der Waals surface area contributed by atoms with Gasteiger partial charge in [-0.15, -0.1) is 0 Å². The number of carbonyl (C=O) groups is 1. The first-order valence-corrected chi connectivity index (χ1v) is 6.74. The number of hydrogen-bond acceptors (Lipinski definition) is 4. The highest BCUT2D eigenvalue weighted by atomic mass is 16.5. The first-order valence-electron chi connectivity index (χ1n) is 6.74. The van der Waals surface area contributed by atoms with Crippen LogP contribution in [-0.2, 0) is 0 Å². The number of nitrogens with one attached hydrogen (secondary N) is 1. The average Bonchev–Trinajstić information content (AvgIpc) is 2.42. The fraction of sp³-hybridized carbons (Fsp3) is 0.533. The van der Waals surface area contributed by atoms with Gasteiger partial charge in [0.15, 0.2) is 11.5 Å². The van der Waals surface area contributed by atoms with Crippen molar-refractivity contribution in [2.75, 3.05) is 20.8 Å². The molecule has 0 heterocycles. The molecule has 1 unspecified atom stereocenters. The lowest BCUT2D eigenvalue weighted by Crippen LogP contribution is -2.38. The Morgan fingerprint density at radius 2 is 2.00 bits per heavy atom. The van der Waals surface area contributed by atoms with Crippen LogP contribution in [0.2, 0.25) is 0 Å². The van der Waals surface area contributed by atoms with Gasteiger partial charge in [0.2, 0.25) is 0 Å². The van der Waals surface area contributed by atoms with Gasteiger partial charge in [-0.2, -0.15) is 0 Å². The molecule has 20 heavy (non-hydrogen) atoms. The molecule has 1 atom stereocenters. The van der Waals surface area contributed by atoms with Crippen molar-refractivity contribution in [1.29, 1.82) is 0 Å². The highest BCUT2D eigenvalue weighted by molar-refractivity contribution is 5.97. The maximum atomic E-state index is 12.2. The van der Waals surface area contributed by atoms with E-state index in [2.05, 4.69) is 19.2 Å². The summed E-state index contributed by atoms with van der Waals surface area (Å²) in [6, 6.07) is 5.16. The van der Waals surface area contributed by atoms with Crippen molar-refractivity contribution in [3.63, 3.8) is 0 Å². The molecule has 0 radical (unpaired) electrons. The van der Waals surface area contributed by atoms with Crippen LogP contribution in [0.1, 0.15) is 30.6 Å². The summed E-state index contributed by atoms with van der Waals surface area (Å²) in [5.41, 5.74) is 6.40. The summed E-state index contributed by atoms with van der Waals surface area (Å²) >= 11 is 0. The smallest absolute Gasteiger partial charge is 0.255 e. The summed E-state index contributed by atoms with van der Waals surface area (Å²) in [5, 5.41) is 2.83. The van der Waals surface area contributed by atoms with Crippen molar-refractivity contribution in [2.45, 2.75) is 26.3 Å². The molecule has 1 aromatic rings. The molecule has 5 nitrogen and oxygen atoms in total. The van der Waals surface area contributed by atoms with Gasteiger partial charge in [0.05, 0.1) is 19.8 Å². The summed E-state index contributed by atoms with van der Waals surface area (Å²) in [4.78, 5) is 12.2. The van der Waals surface area contributed by atoms with Crippen LogP contribution >= 0.6 is 0 Å². The van der Waals surface area contributed by atoms with E-state index in [9.17, 15) is 4.79 Å². The Bertz CT molecular complexity index is 447. The zero-order valence-corrected chi connectivity index (χ0v) is 12.6. The van der Waals surface area contributed by atoms with Crippen molar-refractivity contribution >= 4 is 5.91 Å². The van der Waals surface area contributed by atoms with Crippen LogP contribution in [0.25, 0.3) is 0 Å². The molecule has 1 rings (SSSR count). The monoisotopic (exact) mass is 280 g/mol. The van der Waals surface area contributed by atoms with Crippen molar-refractivity contribution in [1.82, 2.24) is 5.32 Å². The number of methoxy groups -OCH3 is 2. The lowest BCUT2D eigenvalue weighted by atomic mass is 10.0.